The second-order valence-electron chi connectivity index (χ2n) is 10.00. The van der Waals surface area contributed by atoms with E-state index in [-0.39, 0.29) is 10.6 Å². The first-order valence-corrected chi connectivity index (χ1v) is 16.0. The van der Waals surface area contributed by atoms with Crippen LogP contribution in [0.1, 0.15) is 22.9 Å². The normalized spacial score (nSPS) is 12.1. The zero-order valence-corrected chi connectivity index (χ0v) is 26.1. The lowest BCUT2D eigenvalue weighted by molar-refractivity contribution is -0.117. The highest BCUT2D eigenvalue weighted by Crippen LogP contribution is 2.30. The number of carbonyl (C=O) groups is 2. The molecule has 0 bridgehead atoms. The maximum Gasteiger partial charge on any atom is 0.411 e. The Hall–Kier alpha value is -5.47. The number of aromatic nitrogens is 6. The number of nitrogens with one attached hydrogen (secondary N) is 2. The van der Waals surface area contributed by atoms with E-state index in [1.807, 2.05) is 30.3 Å². The Bertz CT molecular complexity index is 1990. The third kappa shape index (κ3) is 7.97. The number of hydrogen-bond donors (Lipinski definition) is 2. The minimum atomic E-state index is -3.79. The molecular formula is C31H27ClN8O5S. The van der Waals surface area contributed by atoms with Crippen LogP contribution in [0.4, 0.5) is 10.5 Å². The molecule has 2 heterocycles. The molecule has 0 aliphatic rings. The molecule has 1 atom stereocenters. The van der Waals surface area contributed by atoms with Crippen LogP contribution in [0.5, 0.6) is 0 Å². The van der Waals surface area contributed by atoms with Crippen molar-refractivity contribution in [2.75, 3.05) is 18.7 Å². The highest BCUT2D eigenvalue weighted by Gasteiger charge is 2.23. The van der Waals surface area contributed by atoms with Gasteiger partial charge in [-0.2, -0.15) is 9.78 Å². The predicted molar refractivity (Wildman–Crippen MR) is 171 cm³/mol. The summed E-state index contributed by atoms with van der Waals surface area (Å²) in [7, 11) is -2.55. The van der Waals surface area contributed by atoms with Gasteiger partial charge in [0.15, 0.2) is 14.9 Å². The van der Waals surface area contributed by atoms with Crippen molar-refractivity contribution in [1.82, 2.24) is 35.7 Å². The Labute approximate surface area is 269 Å². The van der Waals surface area contributed by atoms with Crippen molar-refractivity contribution in [2.24, 2.45) is 0 Å². The number of nitrogens with zero attached hydrogens (tertiary/aromatic N) is 6. The molecule has 5 aromatic rings. The van der Waals surface area contributed by atoms with Gasteiger partial charge in [0.1, 0.15) is 6.33 Å². The van der Waals surface area contributed by atoms with Gasteiger partial charge in [-0.1, -0.05) is 54.1 Å². The van der Waals surface area contributed by atoms with Crippen molar-refractivity contribution >= 4 is 45.2 Å². The fourth-order valence-electron chi connectivity index (χ4n) is 4.55. The molecule has 0 fully saturated rings. The molecule has 2 amide bonds. The van der Waals surface area contributed by atoms with E-state index >= 15 is 0 Å². The van der Waals surface area contributed by atoms with Crippen LogP contribution in [0.15, 0.2) is 96.3 Å². The summed E-state index contributed by atoms with van der Waals surface area (Å²) in [6, 6.07) is 21.9. The molecule has 2 N–H and O–H groups in total. The van der Waals surface area contributed by atoms with E-state index in [0.29, 0.717) is 39.6 Å². The molecule has 0 radical (unpaired) electrons. The third-order valence-corrected chi connectivity index (χ3v) is 7.95. The number of carbonyl (C=O) groups excluding carboxylic acids is 2. The summed E-state index contributed by atoms with van der Waals surface area (Å²) >= 11 is 6.22. The number of ether oxygens (including phenoxy) is 1. The molecule has 15 heteroatoms. The van der Waals surface area contributed by atoms with Crippen LogP contribution in [-0.2, 0) is 25.8 Å². The number of rotatable bonds is 10. The zero-order chi connectivity index (χ0) is 32.7. The molecule has 0 aliphatic heterocycles. The number of benzene rings is 3. The summed E-state index contributed by atoms with van der Waals surface area (Å²) in [4.78, 5) is 24.9. The molecule has 234 valence electrons. The number of hydrogen-bond acceptors (Lipinski definition) is 10. The molecule has 0 aliphatic carbocycles. The van der Waals surface area contributed by atoms with Crippen molar-refractivity contribution < 1.29 is 22.7 Å². The Morgan fingerprint density at radius 1 is 1.02 bits per heavy atom. The summed E-state index contributed by atoms with van der Waals surface area (Å²) in [5, 5.41) is 25.3. The van der Waals surface area contributed by atoms with Crippen LogP contribution >= 0.6 is 11.6 Å². The average Bonchev–Trinajstić information content (AvgIpc) is 3.58. The third-order valence-electron chi connectivity index (χ3n) is 6.71. The van der Waals surface area contributed by atoms with E-state index in [1.54, 1.807) is 54.6 Å². The van der Waals surface area contributed by atoms with Crippen LogP contribution < -0.4 is 10.6 Å². The molecule has 0 unspecified atom stereocenters. The first-order chi connectivity index (χ1) is 22.1. The van der Waals surface area contributed by atoms with Crippen molar-refractivity contribution in [1.29, 1.82) is 0 Å². The summed E-state index contributed by atoms with van der Waals surface area (Å²) < 4.78 is 31.5. The van der Waals surface area contributed by atoms with Crippen molar-refractivity contribution in [3.8, 4) is 16.8 Å². The Morgan fingerprint density at radius 2 is 1.78 bits per heavy atom. The minimum absolute atomic E-state index is 0.231. The summed E-state index contributed by atoms with van der Waals surface area (Å²) in [6.07, 6.45) is 5.10. The lowest BCUT2D eigenvalue weighted by Gasteiger charge is -2.19. The standard InChI is InChI=1S/C31H27ClN8O5S/c1-45-31(42)34-24-12-8-21(9-13-24)25-18-27(36-37-30(25)46(2,43)44)26(16-20-6-4-3-5-7-20)35-29(41)15-10-22-17-23(32)11-14-28(22)40-19-33-38-39-40/h3-15,17-19,26H,16H2,1-2H3,(H,34,42)(H,35,41)/b15-10+/t26-/m0/s1. The highest BCUT2D eigenvalue weighted by molar-refractivity contribution is 7.90. The van der Waals surface area contributed by atoms with Crippen LogP contribution in [-0.4, -0.2) is 64.2 Å². The number of sulfone groups is 1. The van der Waals surface area contributed by atoms with Gasteiger partial charge in [0.25, 0.3) is 0 Å². The molecule has 3 aromatic carbocycles. The maximum atomic E-state index is 13.3. The number of anilines is 1. The molecule has 0 saturated carbocycles. The number of tetrazole rings is 1. The molecule has 0 spiro atoms. The monoisotopic (exact) mass is 658 g/mol. The van der Waals surface area contributed by atoms with Crippen molar-refractivity contribution in [3.63, 3.8) is 0 Å². The van der Waals surface area contributed by atoms with Gasteiger partial charge in [-0.15, -0.1) is 10.2 Å². The minimum Gasteiger partial charge on any atom is -0.453 e. The first-order valence-electron chi connectivity index (χ1n) is 13.7. The fraction of sp³-hybridized carbons (Fsp3) is 0.129. The van der Waals surface area contributed by atoms with Gasteiger partial charge in [-0.3, -0.25) is 10.1 Å². The predicted octanol–water partition coefficient (Wildman–Crippen LogP) is 4.47. The number of halogens is 1. The van der Waals surface area contributed by atoms with E-state index in [9.17, 15) is 18.0 Å². The zero-order valence-electron chi connectivity index (χ0n) is 24.5. The van der Waals surface area contributed by atoms with Crippen LogP contribution in [0.2, 0.25) is 5.02 Å². The highest BCUT2D eigenvalue weighted by atomic mass is 35.5. The average molecular weight is 659 g/mol. The second kappa shape index (κ2) is 14.1. The van der Waals surface area contributed by atoms with Gasteiger partial charge in [-0.25, -0.2) is 13.2 Å². The van der Waals surface area contributed by atoms with Crippen LogP contribution in [0, 0.1) is 0 Å². The van der Waals surface area contributed by atoms with Gasteiger partial charge < -0.3 is 10.1 Å². The Morgan fingerprint density at radius 3 is 2.46 bits per heavy atom. The van der Waals surface area contributed by atoms with Gasteiger partial charge in [0.05, 0.1) is 24.5 Å². The number of methoxy groups -OCH3 is 1. The topological polar surface area (TPSA) is 171 Å². The first kappa shape index (κ1) is 31.9. The lowest BCUT2D eigenvalue weighted by atomic mass is 10.00. The summed E-state index contributed by atoms with van der Waals surface area (Å²) in [5.41, 5.74) is 3.68. The van der Waals surface area contributed by atoms with Gasteiger partial charge in [0.2, 0.25) is 5.91 Å². The van der Waals surface area contributed by atoms with Gasteiger partial charge in [-0.05, 0) is 70.4 Å². The van der Waals surface area contributed by atoms with Crippen molar-refractivity contribution in [2.45, 2.75) is 17.5 Å². The molecule has 5 rings (SSSR count). The van der Waals surface area contributed by atoms with Crippen LogP contribution in [0.25, 0.3) is 22.9 Å². The van der Waals surface area contributed by atoms with E-state index < -0.39 is 27.9 Å². The maximum absolute atomic E-state index is 13.3. The van der Waals surface area contributed by atoms with E-state index in [0.717, 1.165) is 11.8 Å². The molecule has 2 aromatic heterocycles. The second-order valence-corrected chi connectivity index (χ2v) is 12.4. The summed E-state index contributed by atoms with van der Waals surface area (Å²) in [6.45, 7) is 0. The number of amides is 2. The molecule has 0 saturated heterocycles. The smallest absolute Gasteiger partial charge is 0.411 e. The summed E-state index contributed by atoms with van der Waals surface area (Å²) in [5.74, 6) is -0.447. The van der Waals surface area contributed by atoms with Gasteiger partial charge in [0, 0.05) is 34.2 Å². The quantitative estimate of drug-likeness (QED) is 0.204. The van der Waals surface area contributed by atoms with Gasteiger partial charge >= 0.3 is 6.09 Å². The fourth-order valence-corrected chi connectivity index (χ4v) is 5.50. The molecule has 46 heavy (non-hydrogen) atoms. The van der Waals surface area contributed by atoms with E-state index in [2.05, 4.69) is 41.1 Å². The SMILES string of the molecule is COC(=O)Nc1ccc(-c2cc([C@H](Cc3ccccc3)NC(=O)/C=C/c3cc(Cl)ccc3-n3cnnn3)nnc2S(C)(=O)=O)cc1. The Balaban J connectivity index is 1.49. The lowest BCUT2D eigenvalue weighted by Crippen LogP contribution is -2.29. The molecule has 13 nitrogen and oxygen atoms in total. The van der Waals surface area contributed by atoms with E-state index in [1.165, 1.54) is 24.2 Å². The Kier molecular flexibility index (Phi) is 9.79. The van der Waals surface area contributed by atoms with Crippen LogP contribution in [0.3, 0.4) is 0 Å². The van der Waals surface area contributed by atoms with E-state index in [4.69, 9.17) is 11.6 Å². The van der Waals surface area contributed by atoms with Crippen molar-refractivity contribution in [3.05, 3.63) is 113 Å². The molecular weight excluding hydrogens is 632 g/mol. The largest absolute Gasteiger partial charge is 0.453 e.